The van der Waals surface area contributed by atoms with Gasteiger partial charge in [-0.25, -0.2) is 4.79 Å². The zero-order chi connectivity index (χ0) is 37.9. The van der Waals surface area contributed by atoms with E-state index in [1.165, 1.54) is 5.57 Å². The van der Waals surface area contributed by atoms with Crippen molar-refractivity contribution in [1.82, 2.24) is 4.90 Å². The Morgan fingerprint density at radius 3 is 2.30 bits per heavy atom. The van der Waals surface area contributed by atoms with Crippen LogP contribution in [-0.2, 0) is 28.5 Å². The van der Waals surface area contributed by atoms with Crippen molar-refractivity contribution < 1.29 is 49.0 Å². The summed E-state index contributed by atoms with van der Waals surface area (Å²) in [5.74, 6) is -0.430. The van der Waals surface area contributed by atoms with Gasteiger partial charge in [-0.05, 0) is 111 Å². The van der Waals surface area contributed by atoms with E-state index in [0.29, 0.717) is 12.5 Å². The Kier molecular flexibility index (Phi) is 9.36. The number of aliphatic hydroxyl groups is 3. The molecular formula is C42H65NO10. The van der Waals surface area contributed by atoms with E-state index in [1.807, 2.05) is 0 Å². The van der Waals surface area contributed by atoms with Crippen molar-refractivity contribution in [2.75, 3.05) is 39.5 Å². The predicted molar refractivity (Wildman–Crippen MR) is 195 cm³/mol. The van der Waals surface area contributed by atoms with Gasteiger partial charge in [-0.1, -0.05) is 46.3 Å². The van der Waals surface area contributed by atoms with Gasteiger partial charge in [0.2, 0.25) is 0 Å². The summed E-state index contributed by atoms with van der Waals surface area (Å²) in [7, 11) is 0. The summed E-state index contributed by atoms with van der Waals surface area (Å²) in [5, 5.41) is 41.5. The van der Waals surface area contributed by atoms with E-state index in [4.69, 9.17) is 18.9 Å². The quantitative estimate of drug-likeness (QED) is 0.227. The number of hydrogen-bond donors (Lipinski definition) is 4. The molecule has 0 aromatic heterocycles. The van der Waals surface area contributed by atoms with E-state index < -0.39 is 53.6 Å². The Morgan fingerprint density at radius 1 is 0.868 bits per heavy atom. The van der Waals surface area contributed by atoms with Crippen molar-refractivity contribution in [2.45, 2.75) is 148 Å². The van der Waals surface area contributed by atoms with Crippen molar-refractivity contribution in [2.24, 2.45) is 50.7 Å². The topological polar surface area (TPSA) is 155 Å². The third kappa shape index (κ3) is 5.51. The average molecular weight is 744 g/mol. The van der Waals surface area contributed by atoms with Gasteiger partial charge in [0, 0.05) is 25.6 Å². The molecule has 298 valence electrons. The number of morpholine rings is 1. The van der Waals surface area contributed by atoms with Crippen molar-refractivity contribution in [3.8, 4) is 0 Å². The Labute approximate surface area is 315 Å². The largest absolute Gasteiger partial charge is 0.479 e. The number of carbonyl (C=O) groups excluding carboxylic acids is 1. The molecule has 3 aliphatic heterocycles. The number of carboxylic acid groups (broad SMARTS) is 1. The maximum Gasteiger partial charge on any atom is 0.335 e. The van der Waals surface area contributed by atoms with Crippen LogP contribution >= 0.6 is 0 Å². The van der Waals surface area contributed by atoms with Crippen LogP contribution in [0.25, 0.3) is 0 Å². The summed E-state index contributed by atoms with van der Waals surface area (Å²) in [5.41, 5.74) is 0.738. The zero-order valence-corrected chi connectivity index (χ0v) is 32.9. The second-order valence-electron chi connectivity index (χ2n) is 20.2. The fraction of sp³-hybridized carbons (Fsp3) is 0.905. The normalized spacial score (nSPS) is 51.9. The fourth-order valence-electron chi connectivity index (χ4n) is 14.2. The molecule has 0 aromatic carbocycles. The summed E-state index contributed by atoms with van der Waals surface area (Å²) < 4.78 is 24.3. The highest BCUT2D eigenvalue weighted by Crippen LogP contribution is 2.76. The highest BCUT2D eigenvalue weighted by Gasteiger charge is 2.73. The minimum Gasteiger partial charge on any atom is -0.479 e. The van der Waals surface area contributed by atoms with Gasteiger partial charge in [0.25, 0.3) is 0 Å². The fourth-order valence-corrected chi connectivity index (χ4v) is 14.2. The van der Waals surface area contributed by atoms with Gasteiger partial charge in [-0.2, -0.15) is 0 Å². The molecule has 15 atom stereocenters. The number of ether oxygens (including phenoxy) is 4. The molecule has 4 saturated carbocycles. The molecule has 0 bridgehead atoms. The molecule has 0 aromatic rings. The molecule has 11 nitrogen and oxygen atoms in total. The second-order valence-corrected chi connectivity index (χ2v) is 20.2. The zero-order valence-electron chi connectivity index (χ0n) is 32.9. The van der Waals surface area contributed by atoms with Crippen LogP contribution in [0.15, 0.2) is 11.6 Å². The van der Waals surface area contributed by atoms with E-state index in [1.54, 1.807) is 0 Å². The number of carbonyl (C=O) groups is 2. The van der Waals surface area contributed by atoms with Crippen molar-refractivity contribution in [1.29, 1.82) is 0 Å². The molecule has 0 radical (unpaired) electrons. The van der Waals surface area contributed by atoms with Crippen LogP contribution in [-0.4, -0.2) is 119 Å². The first-order chi connectivity index (χ1) is 24.9. The van der Waals surface area contributed by atoms with E-state index >= 15 is 0 Å². The lowest BCUT2D eigenvalue weighted by Gasteiger charge is -2.74. The summed E-state index contributed by atoms with van der Waals surface area (Å²) in [6, 6.07) is 0. The first-order valence-electron chi connectivity index (χ1n) is 20.7. The van der Waals surface area contributed by atoms with Crippen LogP contribution in [0.2, 0.25) is 0 Å². The molecule has 8 aliphatic rings. The molecule has 3 heterocycles. The smallest absolute Gasteiger partial charge is 0.335 e. The monoisotopic (exact) mass is 743 g/mol. The number of fused-ring (bicyclic) bond motifs is 9. The van der Waals surface area contributed by atoms with Crippen molar-refractivity contribution in [3.05, 3.63) is 11.6 Å². The van der Waals surface area contributed by atoms with Crippen LogP contribution in [0.4, 0.5) is 0 Å². The van der Waals surface area contributed by atoms with Crippen LogP contribution in [0.5, 0.6) is 0 Å². The first kappa shape index (κ1) is 38.3. The average Bonchev–Trinajstić information content (AvgIpc) is 3.10. The minimum absolute atomic E-state index is 0.00159. The highest BCUT2D eigenvalue weighted by molar-refractivity contribution is 5.79. The summed E-state index contributed by atoms with van der Waals surface area (Å²) in [6.07, 6.45) is 4.25. The van der Waals surface area contributed by atoms with Gasteiger partial charge >= 0.3 is 11.9 Å². The van der Waals surface area contributed by atoms with Gasteiger partial charge in [0.1, 0.15) is 31.0 Å². The third-order valence-corrected chi connectivity index (χ3v) is 17.5. The van der Waals surface area contributed by atoms with Crippen molar-refractivity contribution in [3.63, 3.8) is 0 Å². The van der Waals surface area contributed by atoms with E-state index in [0.717, 1.165) is 97.1 Å². The Balaban J connectivity index is 1.04. The van der Waals surface area contributed by atoms with Crippen LogP contribution < -0.4 is 0 Å². The van der Waals surface area contributed by atoms with Gasteiger partial charge in [-0.3, -0.25) is 9.69 Å². The Hall–Kier alpha value is -1.60. The molecule has 0 spiro atoms. The van der Waals surface area contributed by atoms with Crippen LogP contribution in [0, 0.1) is 50.7 Å². The number of aliphatic carboxylic acids is 1. The Bertz CT molecular complexity index is 1500. The number of nitrogens with zero attached hydrogens (tertiary/aromatic N) is 1. The molecule has 4 N–H and O–H groups in total. The number of esters is 1. The van der Waals surface area contributed by atoms with E-state index in [9.17, 15) is 30.0 Å². The van der Waals surface area contributed by atoms with Crippen LogP contribution in [0.3, 0.4) is 0 Å². The molecular weight excluding hydrogens is 678 g/mol. The van der Waals surface area contributed by atoms with Gasteiger partial charge in [-0.15, -0.1) is 0 Å². The molecule has 7 fully saturated rings. The molecule has 8 rings (SSSR count). The SMILES string of the molecule is CC1(C)CC[C@]2(C(=O)OCCN3CCOCC3)CC[C@]3(C)C(=CCC4[C@@]5(C)CC[C@@H]6[C@H]([C@@H]7OC(C(=O)O)[C@@H](O)C(O)C7O)O[C@@]6(C)C5CC[C@]43C)C2C1. The Morgan fingerprint density at radius 2 is 1.58 bits per heavy atom. The molecule has 5 aliphatic carbocycles. The predicted octanol–water partition coefficient (Wildman–Crippen LogP) is 4.35. The number of aliphatic hydroxyl groups excluding tert-OH is 3. The second kappa shape index (κ2) is 13.0. The van der Waals surface area contributed by atoms with Gasteiger partial charge in [0.05, 0.1) is 30.3 Å². The van der Waals surface area contributed by atoms with Crippen LogP contribution in [0.1, 0.15) is 106 Å². The lowest BCUT2D eigenvalue weighted by molar-refractivity contribution is -0.372. The molecule has 6 unspecified atom stereocenters. The summed E-state index contributed by atoms with van der Waals surface area (Å²) >= 11 is 0. The number of hydrogen-bond acceptors (Lipinski definition) is 10. The highest BCUT2D eigenvalue weighted by atomic mass is 16.6. The van der Waals surface area contributed by atoms with Gasteiger partial charge < -0.3 is 39.4 Å². The van der Waals surface area contributed by atoms with E-state index in [-0.39, 0.29) is 45.4 Å². The maximum absolute atomic E-state index is 14.4. The first-order valence-corrected chi connectivity index (χ1v) is 20.7. The third-order valence-electron chi connectivity index (χ3n) is 17.5. The number of allylic oxidation sites excluding steroid dienone is 2. The lowest BCUT2D eigenvalue weighted by Crippen LogP contribution is -2.76. The lowest BCUT2D eigenvalue weighted by atomic mass is 9.33. The summed E-state index contributed by atoms with van der Waals surface area (Å²) in [6.45, 7) is 18.9. The minimum atomic E-state index is -1.71. The molecule has 53 heavy (non-hydrogen) atoms. The number of rotatable bonds is 6. The maximum atomic E-state index is 14.4. The standard InChI is InChI=1S/C42H65NO10/c1-37(2)13-15-42(36(49)51-22-19-43-17-20-50-21-18-43)16-14-39(4)24(26(42)23-37)7-8-27-38(3)11-9-25-32(53-41(25,6)28(38)10-12-40(27,39)5)33-30(45)29(44)31(46)34(52-33)35(47)48/h7,25-34,44-46H,8-23H2,1-6H3,(H,47,48)/t25-,26?,27?,28?,29?,30?,31+,32-,33-,34?,38-,39-,40-,41-,42+/m1/s1. The van der Waals surface area contributed by atoms with Gasteiger partial charge in [0.15, 0.2) is 6.10 Å². The molecule has 3 saturated heterocycles. The summed E-state index contributed by atoms with van der Waals surface area (Å²) in [4.78, 5) is 28.5. The molecule has 11 heteroatoms. The number of carboxylic acids is 1. The van der Waals surface area contributed by atoms with E-state index in [2.05, 4.69) is 52.5 Å². The van der Waals surface area contributed by atoms with Crippen molar-refractivity contribution >= 4 is 11.9 Å². The molecule has 0 amide bonds.